The molecule has 0 fully saturated rings. The van der Waals surface area contributed by atoms with Crippen LogP contribution in [0, 0.1) is 5.41 Å². The van der Waals surface area contributed by atoms with E-state index in [2.05, 4.69) is 52.1 Å². The monoisotopic (exact) mass is 281 g/mol. The first-order valence-corrected chi connectivity index (χ1v) is 7.61. The van der Waals surface area contributed by atoms with Gasteiger partial charge < -0.3 is 5.32 Å². The average molecular weight is 282 g/mol. The smallest absolute Gasteiger partial charge is 0.0408 e. The average Bonchev–Trinajstić information content (AvgIpc) is 2.26. The minimum atomic E-state index is 0.170. The van der Waals surface area contributed by atoms with Crippen LogP contribution in [-0.4, -0.2) is 12.1 Å². The Balaban J connectivity index is 2.75. The summed E-state index contributed by atoms with van der Waals surface area (Å²) in [6.45, 7) is 12.3. The Morgan fingerprint density at radius 2 is 1.84 bits per heavy atom. The second-order valence-electron chi connectivity index (χ2n) is 6.97. The van der Waals surface area contributed by atoms with E-state index in [9.17, 15) is 0 Å². The number of hydrogen-bond acceptors (Lipinski definition) is 1. The summed E-state index contributed by atoms with van der Waals surface area (Å²) in [4.78, 5) is 0. The van der Waals surface area contributed by atoms with Crippen LogP contribution in [0.15, 0.2) is 24.3 Å². The zero-order valence-electron chi connectivity index (χ0n) is 13.0. The number of nitrogens with one attached hydrogen (secondary N) is 1. The molecule has 1 aromatic rings. The number of rotatable bonds is 6. The summed E-state index contributed by atoms with van der Waals surface area (Å²) in [6.07, 6.45) is 3.51. The molecule has 1 unspecified atom stereocenters. The van der Waals surface area contributed by atoms with Gasteiger partial charge in [0.15, 0.2) is 0 Å². The molecule has 0 saturated heterocycles. The predicted molar refractivity (Wildman–Crippen MR) is 85.9 cm³/mol. The molecule has 0 aliphatic rings. The van der Waals surface area contributed by atoms with Crippen molar-refractivity contribution in [2.75, 3.05) is 6.54 Å². The molecule has 1 aromatic carbocycles. The lowest BCUT2D eigenvalue weighted by molar-refractivity contribution is 0.244. The van der Waals surface area contributed by atoms with Gasteiger partial charge in [-0.25, -0.2) is 0 Å². The van der Waals surface area contributed by atoms with Gasteiger partial charge in [0.2, 0.25) is 0 Å². The molecule has 0 amide bonds. The molecule has 0 aliphatic carbocycles. The van der Waals surface area contributed by atoms with E-state index in [1.54, 1.807) is 0 Å². The van der Waals surface area contributed by atoms with E-state index in [0.29, 0.717) is 0 Å². The molecule has 1 rings (SSSR count). The minimum Gasteiger partial charge on any atom is -0.312 e. The van der Waals surface area contributed by atoms with Gasteiger partial charge in [-0.05, 0) is 56.7 Å². The second kappa shape index (κ2) is 6.76. The van der Waals surface area contributed by atoms with Crippen LogP contribution in [-0.2, 0) is 6.42 Å². The van der Waals surface area contributed by atoms with E-state index in [-0.39, 0.29) is 11.0 Å². The molecule has 0 heterocycles. The summed E-state index contributed by atoms with van der Waals surface area (Å²) in [5.41, 5.74) is 1.79. The molecule has 0 bridgehead atoms. The van der Waals surface area contributed by atoms with Crippen LogP contribution in [0.4, 0.5) is 0 Å². The van der Waals surface area contributed by atoms with Crippen molar-refractivity contribution in [3.8, 4) is 0 Å². The summed E-state index contributed by atoms with van der Waals surface area (Å²) >= 11 is 6.08. The van der Waals surface area contributed by atoms with Crippen LogP contribution in [0.2, 0.25) is 5.02 Å². The van der Waals surface area contributed by atoms with Crippen LogP contribution in [0.25, 0.3) is 0 Å². The van der Waals surface area contributed by atoms with E-state index in [0.717, 1.165) is 18.0 Å². The van der Waals surface area contributed by atoms with E-state index in [1.807, 2.05) is 12.1 Å². The number of benzene rings is 1. The van der Waals surface area contributed by atoms with Crippen LogP contribution in [0.1, 0.15) is 53.0 Å². The number of halogens is 1. The maximum atomic E-state index is 6.08. The number of hydrogen-bond donors (Lipinski definition) is 1. The van der Waals surface area contributed by atoms with Gasteiger partial charge in [0, 0.05) is 17.1 Å². The van der Waals surface area contributed by atoms with Crippen molar-refractivity contribution in [1.29, 1.82) is 0 Å². The van der Waals surface area contributed by atoms with Gasteiger partial charge in [-0.15, -0.1) is 0 Å². The zero-order valence-corrected chi connectivity index (χ0v) is 13.8. The minimum absolute atomic E-state index is 0.170. The Morgan fingerprint density at radius 1 is 1.16 bits per heavy atom. The fourth-order valence-electron chi connectivity index (χ4n) is 2.46. The summed E-state index contributed by atoms with van der Waals surface area (Å²) in [5.74, 6) is 0. The molecule has 108 valence electrons. The lowest BCUT2D eigenvalue weighted by Gasteiger charge is -2.34. The van der Waals surface area contributed by atoms with Crippen molar-refractivity contribution < 1.29 is 0 Å². The van der Waals surface area contributed by atoms with Crippen molar-refractivity contribution in [2.45, 2.75) is 59.4 Å². The first-order valence-electron chi connectivity index (χ1n) is 7.24. The highest BCUT2D eigenvalue weighted by molar-refractivity contribution is 6.30. The highest BCUT2D eigenvalue weighted by Crippen LogP contribution is 2.29. The Labute approximate surface area is 123 Å². The topological polar surface area (TPSA) is 12.0 Å². The van der Waals surface area contributed by atoms with Crippen molar-refractivity contribution in [1.82, 2.24) is 5.32 Å². The lowest BCUT2D eigenvalue weighted by Crippen LogP contribution is -2.43. The largest absolute Gasteiger partial charge is 0.312 e. The lowest BCUT2D eigenvalue weighted by atomic mass is 9.79. The molecule has 19 heavy (non-hydrogen) atoms. The molecular weight excluding hydrogens is 254 g/mol. The van der Waals surface area contributed by atoms with Crippen LogP contribution >= 0.6 is 11.6 Å². The third kappa shape index (κ3) is 6.44. The maximum absolute atomic E-state index is 6.08. The Morgan fingerprint density at radius 3 is 2.37 bits per heavy atom. The Hall–Kier alpha value is -0.530. The van der Waals surface area contributed by atoms with Crippen molar-refractivity contribution in [2.24, 2.45) is 5.41 Å². The van der Waals surface area contributed by atoms with Crippen molar-refractivity contribution in [3.05, 3.63) is 34.9 Å². The van der Waals surface area contributed by atoms with Gasteiger partial charge in [-0.3, -0.25) is 0 Å². The first kappa shape index (κ1) is 16.5. The summed E-state index contributed by atoms with van der Waals surface area (Å²) in [5, 5.41) is 4.48. The predicted octanol–water partition coefficient (Wildman–Crippen LogP) is 5.08. The Bertz CT molecular complexity index is 394. The summed E-state index contributed by atoms with van der Waals surface area (Å²) < 4.78 is 0. The quantitative estimate of drug-likeness (QED) is 0.767. The molecular formula is C17H28ClN. The Kier molecular flexibility index (Phi) is 5.88. The van der Waals surface area contributed by atoms with Crippen LogP contribution in [0.3, 0.4) is 0 Å². The molecule has 0 radical (unpaired) electrons. The van der Waals surface area contributed by atoms with Crippen molar-refractivity contribution in [3.63, 3.8) is 0 Å². The van der Waals surface area contributed by atoms with Gasteiger partial charge in [0.25, 0.3) is 0 Å². The maximum Gasteiger partial charge on any atom is 0.0408 e. The van der Waals surface area contributed by atoms with Gasteiger partial charge in [0.1, 0.15) is 0 Å². The standard InChI is InChI=1S/C17H28ClN/c1-6-10-17(5,13-19-16(2,3)4)12-14-8-7-9-15(18)11-14/h7-9,11,19H,6,10,12-13H2,1-5H3. The van der Waals surface area contributed by atoms with Crippen LogP contribution in [0.5, 0.6) is 0 Å². The molecule has 2 heteroatoms. The van der Waals surface area contributed by atoms with Gasteiger partial charge in [-0.1, -0.05) is 44.0 Å². The zero-order chi connectivity index (χ0) is 14.5. The van der Waals surface area contributed by atoms with Crippen molar-refractivity contribution >= 4 is 11.6 Å². The fourth-order valence-corrected chi connectivity index (χ4v) is 2.67. The van der Waals surface area contributed by atoms with Crippen LogP contribution < -0.4 is 5.32 Å². The molecule has 0 spiro atoms. The molecule has 0 aromatic heterocycles. The van der Waals surface area contributed by atoms with E-state index < -0.39 is 0 Å². The normalized spacial score (nSPS) is 15.3. The fraction of sp³-hybridized carbons (Fsp3) is 0.647. The van der Waals surface area contributed by atoms with Gasteiger partial charge in [0.05, 0.1) is 0 Å². The SMILES string of the molecule is CCCC(C)(CNC(C)(C)C)Cc1cccc(Cl)c1. The van der Waals surface area contributed by atoms with E-state index >= 15 is 0 Å². The van der Waals surface area contributed by atoms with E-state index in [4.69, 9.17) is 11.6 Å². The second-order valence-corrected chi connectivity index (χ2v) is 7.41. The third-order valence-corrected chi connectivity index (χ3v) is 3.65. The highest BCUT2D eigenvalue weighted by atomic mass is 35.5. The van der Waals surface area contributed by atoms with Gasteiger partial charge in [-0.2, -0.15) is 0 Å². The molecule has 1 nitrogen and oxygen atoms in total. The molecule has 1 N–H and O–H groups in total. The first-order chi connectivity index (χ1) is 8.74. The summed E-state index contributed by atoms with van der Waals surface area (Å²) in [7, 11) is 0. The van der Waals surface area contributed by atoms with E-state index in [1.165, 1.54) is 18.4 Å². The summed E-state index contributed by atoms with van der Waals surface area (Å²) in [6, 6.07) is 8.25. The molecule has 1 atom stereocenters. The van der Waals surface area contributed by atoms with Gasteiger partial charge >= 0.3 is 0 Å². The molecule has 0 aliphatic heterocycles. The third-order valence-electron chi connectivity index (χ3n) is 3.42. The highest BCUT2D eigenvalue weighted by Gasteiger charge is 2.25. The molecule has 0 saturated carbocycles.